The van der Waals surface area contributed by atoms with Gasteiger partial charge in [0.15, 0.2) is 0 Å². The molecule has 0 aromatic heterocycles. The standard InChI is InChI=1S/C18H20Cl2N2O3/c1-13-15(4-2-5-18(13)22(24)25)12-21(8-3-9-23)11-14-6-7-16(19)17(20)10-14/h2,4-7,10,23H,3,8-9,11-12H2,1H3. The minimum absolute atomic E-state index is 0.0891. The van der Waals surface area contributed by atoms with E-state index in [1.54, 1.807) is 19.1 Å². The van der Waals surface area contributed by atoms with Crippen LogP contribution in [0.25, 0.3) is 0 Å². The Kier molecular flexibility index (Phi) is 7.20. The average Bonchev–Trinajstić information content (AvgIpc) is 2.57. The number of aliphatic hydroxyl groups is 1. The minimum atomic E-state index is -0.365. The van der Waals surface area contributed by atoms with Gasteiger partial charge in [0, 0.05) is 37.9 Å². The molecule has 2 aromatic carbocycles. The lowest BCUT2D eigenvalue weighted by atomic mass is 10.1. The van der Waals surface area contributed by atoms with Crippen LogP contribution in [0.1, 0.15) is 23.1 Å². The molecule has 0 aliphatic carbocycles. The molecule has 5 nitrogen and oxygen atoms in total. The number of aliphatic hydroxyl groups excluding tert-OH is 1. The Labute approximate surface area is 156 Å². The number of hydrogen-bond acceptors (Lipinski definition) is 4. The Bertz CT molecular complexity index is 753. The van der Waals surface area contributed by atoms with E-state index in [9.17, 15) is 10.1 Å². The maximum Gasteiger partial charge on any atom is 0.272 e. The Morgan fingerprint density at radius 2 is 1.92 bits per heavy atom. The molecule has 0 unspecified atom stereocenters. The third-order valence-electron chi connectivity index (χ3n) is 4.03. The van der Waals surface area contributed by atoms with Crippen LogP contribution in [-0.2, 0) is 13.1 Å². The Balaban J connectivity index is 2.21. The number of hydrogen-bond donors (Lipinski definition) is 1. The zero-order valence-electron chi connectivity index (χ0n) is 13.9. The molecule has 0 aliphatic heterocycles. The number of rotatable bonds is 8. The van der Waals surface area contributed by atoms with Crippen molar-refractivity contribution in [2.24, 2.45) is 0 Å². The summed E-state index contributed by atoms with van der Waals surface area (Å²) < 4.78 is 0. The summed E-state index contributed by atoms with van der Waals surface area (Å²) in [5.74, 6) is 0. The van der Waals surface area contributed by atoms with E-state index in [0.29, 0.717) is 41.7 Å². The second kappa shape index (κ2) is 9.15. The molecule has 134 valence electrons. The highest BCUT2D eigenvalue weighted by Gasteiger charge is 2.16. The first kappa shape index (κ1) is 19.7. The van der Waals surface area contributed by atoms with Crippen molar-refractivity contribution in [1.82, 2.24) is 4.90 Å². The zero-order valence-corrected chi connectivity index (χ0v) is 15.4. The summed E-state index contributed by atoms with van der Waals surface area (Å²) in [7, 11) is 0. The number of nitro groups is 1. The molecule has 0 radical (unpaired) electrons. The van der Waals surface area contributed by atoms with Crippen molar-refractivity contribution in [2.75, 3.05) is 13.2 Å². The molecule has 2 rings (SSSR count). The zero-order chi connectivity index (χ0) is 18.4. The van der Waals surface area contributed by atoms with E-state index >= 15 is 0 Å². The van der Waals surface area contributed by atoms with Gasteiger partial charge in [0.1, 0.15) is 0 Å². The topological polar surface area (TPSA) is 66.6 Å². The van der Waals surface area contributed by atoms with E-state index in [2.05, 4.69) is 4.90 Å². The van der Waals surface area contributed by atoms with Gasteiger partial charge >= 0.3 is 0 Å². The van der Waals surface area contributed by atoms with Gasteiger partial charge in [-0.05, 0) is 36.6 Å². The van der Waals surface area contributed by atoms with Gasteiger partial charge in [0.25, 0.3) is 5.69 Å². The number of nitrogens with zero attached hydrogens (tertiary/aromatic N) is 2. The van der Waals surface area contributed by atoms with Crippen LogP contribution in [0.4, 0.5) is 5.69 Å². The van der Waals surface area contributed by atoms with Crippen LogP contribution in [0, 0.1) is 17.0 Å². The van der Waals surface area contributed by atoms with Gasteiger partial charge in [0.2, 0.25) is 0 Å². The fourth-order valence-corrected chi connectivity index (χ4v) is 3.01. The molecule has 0 atom stereocenters. The van der Waals surface area contributed by atoms with E-state index < -0.39 is 0 Å². The molecule has 0 heterocycles. The molecular formula is C18H20Cl2N2O3. The smallest absolute Gasteiger partial charge is 0.272 e. The van der Waals surface area contributed by atoms with E-state index in [4.69, 9.17) is 28.3 Å². The monoisotopic (exact) mass is 382 g/mol. The van der Waals surface area contributed by atoms with Crippen LogP contribution >= 0.6 is 23.2 Å². The first-order valence-corrected chi connectivity index (χ1v) is 8.68. The van der Waals surface area contributed by atoms with Crippen molar-refractivity contribution in [3.63, 3.8) is 0 Å². The highest BCUT2D eigenvalue weighted by Crippen LogP contribution is 2.25. The van der Waals surface area contributed by atoms with E-state index in [0.717, 1.165) is 11.1 Å². The average molecular weight is 383 g/mol. The summed E-state index contributed by atoms with van der Waals surface area (Å²) in [6, 6.07) is 10.6. The first-order valence-electron chi connectivity index (χ1n) is 7.92. The molecular weight excluding hydrogens is 363 g/mol. The Morgan fingerprint density at radius 3 is 2.56 bits per heavy atom. The molecule has 0 aliphatic rings. The maximum absolute atomic E-state index is 11.1. The summed E-state index contributed by atoms with van der Waals surface area (Å²) in [6.45, 7) is 3.67. The molecule has 0 saturated carbocycles. The number of halogens is 2. The van der Waals surface area contributed by atoms with Crippen LogP contribution in [0.5, 0.6) is 0 Å². The Morgan fingerprint density at radius 1 is 1.16 bits per heavy atom. The van der Waals surface area contributed by atoms with E-state index in [1.807, 2.05) is 18.2 Å². The van der Waals surface area contributed by atoms with Crippen molar-refractivity contribution < 1.29 is 10.0 Å². The van der Waals surface area contributed by atoms with Gasteiger partial charge in [-0.3, -0.25) is 15.0 Å². The predicted octanol–water partition coefficient (Wildman–Crippen LogP) is 4.59. The van der Waals surface area contributed by atoms with Gasteiger partial charge in [0.05, 0.1) is 15.0 Å². The van der Waals surface area contributed by atoms with Crippen LogP contribution < -0.4 is 0 Å². The van der Waals surface area contributed by atoms with Crippen LogP contribution in [-0.4, -0.2) is 28.1 Å². The number of nitro benzene ring substituents is 1. The third kappa shape index (κ3) is 5.41. The van der Waals surface area contributed by atoms with Crippen LogP contribution in [0.3, 0.4) is 0 Å². The molecule has 2 aromatic rings. The normalized spacial score (nSPS) is 11.1. The molecule has 1 N–H and O–H groups in total. The summed E-state index contributed by atoms with van der Waals surface area (Å²) in [5, 5.41) is 21.3. The fourth-order valence-electron chi connectivity index (χ4n) is 2.68. The SMILES string of the molecule is Cc1c(CN(CCCO)Cc2ccc(Cl)c(Cl)c2)cccc1[N+](=O)[O-]. The van der Waals surface area contributed by atoms with Crippen molar-refractivity contribution in [2.45, 2.75) is 26.4 Å². The van der Waals surface area contributed by atoms with Crippen molar-refractivity contribution in [3.05, 3.63) is 73.2 Å². The van der Waals surface area contributed by atoms with Crippen LogP contribution in [0.15, 0.2) is 36.4 Å². The summed E-state index contributed by atoms with van der Waals surface area (Å²) >= 11 is 12.0. The first-order chi connectivity index (χ1) is 11.9. The molecule has 0 amide bonds. The van der Waals surface area contributed by atoms with E-state index in [-0.39, 0.29) is 17.2 Å². The lowest BCUT2D eigenvalue weighted by Gasteiger charge is -2.23. The van der Waals surface area contributed by atoms with Crippen molar-refractivity contribution in [3.8, 4) is 0 Å². The summed E-state index contributed by atoms with van der Waals surface area (Å²) in [4.78, 5) is 12.9. The molecule has 7 heteroatoms. The summed E-state index contributed by atoms with van der Waals surface area (Å²) in [5.41, 5.74) is 2.67. The molecule has 25 heavy (non-hydrogen) atoms. The maximum atomic E-state index is 11.1. The number of benzene rings is 2. The predicted molar refractivity (Wildman–Crippen MR) is 100 cm³/mol. The molecule has 0 spiro atoms. The second-order valence-electron chi connectivity index (χ2n) is 5.85. The van der Waals surface area contributed by atoms with Gasteiger partial charge < -0.3 is 5.11 Å². The van der Waals surface area contributed by atoms with Crippen molar-refractivity contribution in [1.29, 1.82) is 0 Å². The highest BCUT2D eigenvalue weighted by atomic mass is 35.5. The molecule has 0 fully saturated rings. The third-order valence-corrected chi connectivity index (χ3v) is 4.77. The lowest BCUT2D eigenvalue weighted by Crippen LogP contribution is -2.25. The minimum Gasteiger partial charge on any atom is -0.396 e. The largest absolute Gasteiger partial charge is 0.396 e. The van der Waals surface area contributed by atoms with Gasteiger partial charge in [-0.25, -0.2) is 0 Å². The quantitative estimate of drug-likeness (QED) is 0.535. The van der Waals surface area contributed by atoms with Gasteiger partial charge in [-0.2, -0.15) is 0 Å². The second-order valence-corrected chi connectivity index (χ2v) is 6.67. The Hall–Kier alpha value is -1.66. The lowest BCUT2D eigenvalue weighted by molar-refractivity contribution is -0.385. The van der Waals surface area contributed by atoms with Crippen LogP contribution in [0.2, 0.25) is 10.0 Å². The highest BCUT2D eigenvalue weighted by molar-refractivity contribution is 6.42. The summed E-state index contributed by atoms with van der Waals surface area (Å²) in [6.07, 6.45) is 0.620. The van der Waals surface area contributed by atoms with Crippen molar-refractivity contribution >= 4 is 28.9 Å². The van der Waals surface area contributed by atoms with Gasteiger partial charge in [-0.15, -0.1) is 0 Å². The van der Waals surface area contributed by atoms with E-state index in [1.165, 1.54) is 6.07 Å². The molecule has 0 bridgehead atoms. The fraction of sp³-hybridized carbons (Fsp3) is 0.333. The molecule has 0 saturated heterocycles. The van der Waals surface area contributed by atoms with Gasteiger partial charge in [-0.1, -0.05) is 41.4 Å².